The Bertz CT molecular complexity index is 1220. The van der Waals surface area contributed by atoms with Crippen molar-refractivity contribution in [1.82, 2.24) is 25.1 Å². The smallest absolute Gasteiger partial charge is 0.254 e. The fourth-order valence-corrected chi connectivity index (χ4v) is 3.53. The number of tetrazole rings is 1. The monoisotopic (exact) mass is 406 g/mol. The third-order valence-electron chi connectivity index (χ3n) is 4.65. The normalized spacial score (nSPS) is 10.9. The number of carbonyl (C=O) groups excluding carboxylic acids is 1. The van der Waals surface area contributed by atoms with Gasteiger partial charge in [-0.05, 0) is 40.8 Å². The van der Waals surface area contributed by atoms with Crippen LogP contribution in [0, 0.1) is 0 Å². The van der Waals surface area contributed by atoms with Gasteiger partial charge in [0.2, 0.25) is 0 Å². The maximum atomic E-state index is 12.6. The third kappa shape index (κ3) is 3.52. The lowest BCUT2D eigenvalue weighted by Gasteiger charge is -2.17. The average Bonchev–Trinajstić information content (AvgIpc) is 3.14. The Labute approximate surface area is 172 Å². The molecule has 0 radical (unpaired) electrons. The maximum absolute atomic E-state index is 12.6. The fourth-order valence-electron chi connectivity index (χ4n) is 3.26. The first kappa shape index (κ1) is 18.9. The van der Waals surface area contributed by atoms with E-state index in [1.54, 1.807) is 42.9 Å². The standard InChI is InChI=1S/C21H19ClN6O/c1-27(2)21(29)16-10-11-18(15-8-5-9-17(22)19(15)16)23-14-7-4-6-13(12-14)20-24-25-26-28(20)3/h4-12,23H,1-3H3. The Morgan fingerprint density at radius 1 is 1.10 bits per heavy atom. The molecule has 29 heavy (non-hydrogen) atoms. The number of hydrogen-bond acceptors (Lipinski definition) is 5. The van der Waals surface area contributed by atoms with Gasteiger partial charge in [0.15, 0.2) is 5.82 Å². The van der Waals surface area contributed by atoms with Crippen molar-refractivity contribution in [2.75, 3.05) is 19.4 Å². The number of nitrogens with zero attached hydrogens (tertiary/aromatic N) is 5. The molecule has 0 spiro atoms. The molecule has 0 unspecified atom stereocenters. The molecule has 0 aliphatic carbocycles. The molecule has 1 amide bonds. The summed E-state index contributed by atoms with van der Waals surface area (Å²) in [4.78, 5) is 14.2. The number of nitrogens with one attached hydrogen (secondary N) is 1. The van der Waals surface area contributed by atoms with Crippen LogP contribution in [0.15, 0.2) is 54.6 Å². The summed E-state index contributed by atoms with van der Waals surface area (Å²) in [6, 6.07) is 17.1. The van der Waals surface area contributed by atoms with E-state index in [0.717, 1.165) is 27.7 Å². The Morgan fingerprint density at radius 3 is 2.62 bits per heavy atom. The largest absolute Gasteiger partial charge is 0.355 e. The topological polar surface area (TPSA) is 75.9 Å². The lowest BCUT2D eigenvalue weighted by molar-refractivity contribution is 0.0829. The number of aromatic nitrogens is 4. The summed E-state index contributed by atoms with van der Waals surface area (Å²) in [7, 11) is 5.25. The van der Waals surface area contributed by atoms with Gasteiger partial charge in [-0.2, -0.15) is 0 Å². The SMILES string of the molecule is CN(C)C(=O)c1ccc(Nc2cccc(-c3nnnn3C)c2)c2cccc(Cl)c12. The molecule has 4 rings (SSSR count). The molecule has 0 atom stereocenters. The van der Waals surface area contributed by atoms with E-state index in [1.165, 1.54) is 0 Å². The van der Waals surface area contributed by atoms with Gasteiger partial charge in [0.1, 0.15) is 0 Å². The number of halogens is 1. The molecule has 0 saturated heterocycles. The Hall–Kier alpha value is -3.45. The number of aryl methyl sites for hydroxylation is 1. The highest BCUT2D eigenvalue weighted by Gasteiger charge is 2.16. The van der Waals surface area contributed by atoms with Crippen LogP contribution >= 0.6 is 11.6 Å². The van der Waals surface area contributed by atoms with Gasteiger partial charge >= 0.3 is 0 Å². The van der Waals surface area contributed by atoms with Crippen molar-refractivity contribution in [3.05, 3.63) is 65.2 Å². The van der Waals surface area contributed by atoms with Crippen LogP contribution < -0.4 is 5.32 Å². The minimum absolute atomic E-state index is 0.0913. The van der Waals surface area contributed by atoms with E-state index in [9.17, 15) is 4.79 Å². The highest BCUT2D eigenvalue weighted by molar-refractivity contribution is 6.37. The van der Waals surface area contributed by atoms with Gasteiger partial charge < -0.3 is 10.2 Å². The van der Waals surface area contributed by atoms with Crippen molar-refractivity contribution in [1.29, 1.82) is 0 Å². The average molecular weight is 407 g/mol. The quantitative estimate of drug-likeness (QED) is 0.551. The van der Waals surface area contributed by atoms with Gasteiger partial charge in [0.05, 0.1) is 0 Å². The van der Waals surface area contributed by atoms with Crippen LogP contribution in [0.1, 0.15) is 10.4 Å². The van der Waals surface area contributed by atoms with Crippen molar-refractivity contribution in [2.24, 2.45) is 7.05 Å². The zero-order valence-electron chi connectivity index (χ0n) is 16.2. The van der Waals surface area contributed by atoms with Gasteiger partial charge in [-0.15, -0.1) is 5.10 Å². The first-order valence-corrected chi connectivity index (χ1v) is 9.36. The molecule has 4 aromatic rings. The van der Waals surface area contributed by atoms with Crippen LogP contribution in [0.4, 0.5) is 11.4 Å². The van der Waals surface area contributed by atoms with E-state index >= 15 is 0 Å². The Kier molecular flexibility index (Phi) is 4.90. The van der Waals surface area contributed by atoms with Crippen LogP contribution in [0.2, 0.25) is 5.02 Å². The maximum Gasteiger partial charge on any atom is 0.254 e. The second kappa shape index (κ2) is 7.52. The van der Waals surface area contributed by atoms with Gasteiger partial charge in [-0.3, -0.25) is 4.79 Å². The first-order valence-electron chi connectivity index (χ1n) is 8.98. The molecule has 1 aromatic heterocycles. The summed E-state index contributed by atoms with van der Waals surface area (Å²) >= 11 is 6.47. The van der Waals surface area contributed by atoms with Gasteiger partial charge in [0.25, 0.3) is 5.91 Å². The third-order valence-corrected chi connectivity index (χ3v) is 4.96. The van der Waals surface area contributed by atoms with Crippen molar-refractivity contribution in [3.8, 4) is 11.4 Å². The fraction of sp³-hybridized carbons (Fsp3) is 0.143. The number of fused-ring (bicyclic) bond motifs is 1. The second-order valence-corrected chi connectivity index (χ2v) is 7.26. The summed E-state index contributed by atoms with van der Waals surface area (Å²) in [6.07, 6.45) is 0. The molecular weight excluding hydrogens is 388 g/mol. The molecule has 0 fully saturated rings. The summed E-state index contributed by atoms with van der Waals surface area (Å²) in [5, 5.41) is 17.2. The highest BCUT2D eigenvalue weighted by Crippen LogP contribution is 2.34. The van der Waals surface area contributed by atoms with Gasteiger partial charge in [-0.1, -0.05) is 35.9 Å². The molecule has 3 aromatic carbocycles. The van der Waals surface area contributed by atoms with Crippen LogP contribution in [0.3, 0.4) is 0 Å². The predicted molar refractivity (Wildman–Crippen MR) is 114 cm³/mol. The van der Waals surface area contributed by atoms with Crippen LogP contribution in [-0.4, -0.2) is 45.1 Å². The molecular formula is C21H19ClN6O. The number of benzene rings is 3. The lowest BCUT2D eigenvalue weighted by Crippen LogP contribution is -2.22. The molecule has 1 N–H and O–H groups in total. The minimum atomic E-state index is -0.0913. The molecule has 0 saturated carbocycles. The van der Waals surface area contributed by atoms with Crippen LogP contribution in [-0.2, 0) is 7.05 Å². The van der Waals surface area contributed by atoms with E-state index in [2.05, 4.69) is 20.8 Å². The second-order valence-electron chi connectivity index (χ2n) is 6.85. The number of hydrogen-bond donors (Lipinski definition) is 1. The lowest BCUT2D eigenvalue weighted by atomic mass is 10.0. The van der Waals surface area contributed by atoms with Crippen LogP contribution in [0.25, 0.3) is 22.2 Å². The molecule has 1 heterocycles. The Balaban J connectivity index is 1.79. The summed E-state index contributed by atoms with van der Waals surface area (Å²) in [6.45, 7) is 0. The minimum Gasteiger partial charge on any atom is -0.355 e. The van der Waals surface area contributed by atoms with Crippen molar-refractivity contribution in [3.63, 3.8) is 0 Å². The first-order chi connectivity index (χ1) is 14.0. The highest BCUT2D eigenvalue weighted by atomic mass is 35.5. The number of anilines is 2. The van der Waals surface area contributed by atoms with Crippen LogP contribution in [0.5, 0.6) is 0 Å². The number of amides is 1. The van der Waals surface area contributed by atoms with E-state index < -0.39 is 0 Å². The molecule has 146 valence electrons. The molecule has 7 nitrogen and oxygen atoms in total. The summed E-state index contributed by atoms with van der Waals surface area (Å²) in [5.41, 5.74) is 3.19. The predicted octanol–water partition coefficient (Wildman–Crippen LogP) is 4.13. The van der Waals surface area contributed by atoms with E-state index in [-0.39, 0.29) is 5.91 Å². The summed E-state index contributed by atoms with van der Waals surface area (Å²) < 4.78 is 1.62. The van der Waals surface area contributed by atoms with Crippen molar-refractivity contribution in [2.45, 2.75) is 0 Å². The van der Waals surface area contributed by atoms with Gasteiger partial charge in [0, 0.05) is 59.4 Å². The Morgan fingerprint density at radius 2 is 1.90 bits per heavy atom. The summed E-state index contributed by atoms with van der Waals surface area (Å²) in [5.74, 6) is 0.583. The molecule has 0 aliphatic rings. The van der Waals surface area contributed by atoms with E-state index in [4.69, 9.17) is 11.6 Å². The van der Waals surface area contributed by atoms with Crippen molar-refractivity contribution >= 4 is 39.7 Å². The van der Waals surface area contributed by atoms with Gasteiger partial charge in [-0.25, -0.2) is 4.68 Å². The number of carbonyl (C=O) groups is 1. The molecule has 0 aliphatic heterocycles. The molecule has 0 bridgehead atoms. The zero-order valence-corrected chi connectivity index (χ0v) is 17.0. The van der Waals surface area contributed by atoms with E-state index in [1.807, 2.05) is 42.5 Å². The van der Waals surface area contributed by atoms with E-state index in [0.29, 0.717) is 16.4 Å². The number of rotatable bonds is 4. The zero-order chi connectivity index (χ0) is 20.5. The van der Waals surface area contributed by atoms with Crippen molar-refractivity contribution < 1.29 is 4.79 Å². The molecule has 8 heteroatoms.